The predicted octanol–water partition coefficient (Wildman–Crippen LogP) is 5.08. The smallest absolute Gasteiger partial charge is 0.271 e. The average Bonchev–Trinajstić information content (AvgIpc) is 2.41. The molecule has 0 N–H and O–H groups in total. The van der Waals surface area contributed by atoms with Gasteiger partial charge in [0.25, 0.3) is 5.69 Å². The molecule has 0 aliphatic heterocycles. The van der Waals surface area contributed by atoms with E-state index in [4.69, 9.17) is 16.3 Å². The molecule has 2 aromatic rings. The fraction of sp³-hybridized carbons (Fsp3) is 0.0909. The average molecular weight is 456 g/mol. The zero-order valence-corrected chi connectivity index (χ0v) is 15.1. The highest BCUT2D eigenvalue weighted by molar-refractivity contribution is 9.11. The Bertz CT molecular complexity index is 694. The molecule has 1 heterocycles. The minimum absolute atomic E-state index is 0.0633. The maximum atomic E-state index is 10.8. The molecule has 0 atom stereocenters. The Morgan fingerprint density at radius 2 is 1.90 bits per heavy atom. The molecule has 6 nitrogen and oxygen atoms in total. The molecule has 0 spiro atoms. The summed E-state index contributed by atoms with van der Waals surface area (Å²) < 4.78 is 6.47. The third kappa shape index (κ3) is 4.06. The van der Waals surface area contributed by atoms with Crippen LogP contribution in [0.3, 0.4) is 0 Å². The number of hydrogen-bond acceptors (Lipinski definition) is 6. The first-order chi connectivity index (χ1) is 9.90. The fourth-order valence-corrected chi connectivity index (χ4v) is 3.29. The number of nitro benzene ring substituents is 1. The first-order valence-electron chi connectivity index (χ1n) is 5.30. The lowest BCUT2D eigenvalue weighted by Crippen LogP contribution is -1.95. The van der Waals surface area contributed by atoms with Crippen molar-refractivity contribution in [2.75, 3.05) is 6.26 Å². The van der Waals surface area contributed by atoms with E-state index in [2.05, 4.69) is 41.8 Å². The van der Waals surface area contributed by atoms with Crippen LogP contribution in [0.1, 0.15) is 0 Å². The van der Waals surface area contributed by atoms with E-state index < -0.39 is 4.92 Å². The highest BCUT2D eigenvalue weighted by Gasteiger charge is 2.16. The molecule has 110 valence electrons. The van der Waals surface area contributed by atoms with Crippen molar-refractivity contribution in [3.05, 3.63) is 42.4 Å². The number of thioether (sulfide) groups is 1. The van der Waals surface area contributed by atoms with Gasteiger partial charge < -0.3 is 4.74 Å². The highest BCUT2D eigenvalue weighted by atomic mass is 79.9. The van der Waals surface area contributed by atoms with Crippen LogP contribution in [0.5, 0.6) is 11.6 Å². The molecule has 1 aromatic carbocycles. The quantitative estimate of drug-likeness (QED) is 0.210. The second-order valence-corrected chi connectivity index (χ2v) is 6.48. The largest absolute Gasteiger partial charge is 0.436 e. The zero-order chi connectivity index (χ0) is 15.6. The molecule has 1 aromatic heterocycles. The Hall–Kier alpha value is -0.900. The van der Waals surface area contributed by atoms with E-state index in [1.54, 1.807) is 0 Å². The van der Waals surface area contributed by atoms with Gasteiger partial charge in [-0.15, -0.1) is 0 Å². The van der Waals surface area contributed by atoms with E-state index in [0.717, 1.165) is 0 Å². The van der Waals surface area contributed by atoms with E-state index in [0.29, 0.717) is 19.9 Å². The number of halogens is 3. The van der Waals surface area contributed by atoms with Gasteiger partial charge in [-0.3, -0.25) is 10.1 Å². The Kier molecular flexibility index (Phi) is 5.42. The van der Waals surface area contributed by atoms with Crippen molar-refractivity contribution < 1.29 is 9.66 Å². The van der Waals surface area contributed by atoms with E-state index in [9.17, 15) is 10.1 Å². The van der Waals surface area contributed by atoms with E-state index in [-0.39, 0.29) is 16.7 Å². The molecule has 0 fully saturated rings. The molecule has 0 saturated carbocycles. The first kappa shape index (κ1) is 16.5. The van der Waals surface area contributed by atoms with Crippen molar-refractivity contribution in [3.63, 3.8) is 0 Å². The second-order valence-electron chi connectivity index (χ2n) is 3.61. The first-order valence-corrected chi connectivity index (χ1v) is 8.49. The summed E-state index contributed by atoms with van der Waals surface area (Å²) in [4.78, 5) is 18.4. The number of rotatable bonds is 4. The van der Waals surface area contributed by atoms with E-state index in [1.807, 2.05) is 6.26 Å². The number of aromatic nitrogens is 2. The van der Waals surface area contributed by atoms with Crippen LogP contribution < -0.4 is 4.74 Å². The number of nitro groups is 1. The van der Waals surface area contributed by atoms with Gasteiger partial charge in [-0.05, 0) is 38.1 Å². The van der Waals surface area contributed by atoms with Gasteiger partial charge in [0.15, 0.2) is 10.9 Å². The molecule has 0 bridgehead atoms. The number of ether oxygens (including phenoxy) is 1. The molecular weight excluding hydrogens is 449 g/mol. The van der Waals surface area contributed by atoms with Crippen LogP contribution in [-0.4, -0.2) is 21.1 Å². The Balaban J connectivity index is 2.40. The van der Waals surface area contributed by atoms with Crippen molar-refractivity contribution in [2.45, 2.75) is 5.16 Å². The summed E-state index contributed by atoms with van der Waals surface area (Å²) in [6.45, 7) is 0. The molecule has 0 radical (unpaired) electrons. The van der Waals surface area contributed by atoms with Crippen molar-refractivity contribution >= 4 is 60.9 Å². The summed E-state index contributed by atoms with van der Waals surface area (Å²) in [5.41, 5.74) is -0.0633. The maximum absolute atomic E-state index is 10.8. The third-order valence-corrected chi connectivity index (χ3v) is 4.15. The molecule has 0 saturated heterocycles. The van der Waals surface area contributed by atoms with E-state index >= 15 is 0 Å². The Morgan fingerprint density at radius 1 is 1.29 bits per heavy atom. The maximum Gasteiger partial charge on any atom is 0.271 e. The number of non-ortho nitro benzene ring substituents is 1. The molecule has 10 heteroatoms. The lowest BCUT2D eigenvalue weighted by molar-refractivity contribution is -0.385. The minimum atomic E-state index is -0.493. The van der Waals surface area contributed by atoms with Crippen LogP contribution in [0.2, 0.25) is 5.15 Å². The predicted molar refractivity (Wildman–Crippen MR) is 87.4 cm³/mol. The van der Waals surface area contributed by atoms with Gasteiger partial charge in [0, 0.05) is 18.2 Å². The normalized spacial score (nSPS) is 10.5. The zero-order valence-electron chi connectivity index (χ0n) is 10.3. The molecule has 0 aliphatic carbocycles. The van der Waals surface area contributed by atoms with Gasteiger partial charge in [-0.25, -0.2) is 4.98 Å². The minimum Gasteiger partial charge on any atom is -0.436 e. The molecule has 0 unspecified atom stereocenters. The number of hydrogen-bond donors (Lipinski definition) is 0. The van der Waals surface area contributed by atoms with Crippen molar-refractivity contribution in [1.29, 1.82) is 0 Å². The van der Waals surface area contributed by atoms with Gasteiger partial charge in [0.05, 0.1) is 13.9 Å². The van der Waals surface area contributed by atoms with E-state index in [1.165, 1.54) is 30.0 Å². The number of benzene rings is 1. The fourth-order valence-electron chi connectivity index (χ4n) is 1.37. The van der Waals surface area contributed by atoms with Gasteiger partial charge >= 0.3 is 0 Å². The van der Waals surface area contributed by atoms with Crippen LogP contribution in [0.15, 0.2) is 32.3 Å². The van der Waals surface area contributed by atoms with Gasteiger partial charge in [-0.1, -0.05) is 23.4 Å². The lowest BCUT2D eigenvalue weighted by Gasteiger charge is -2.09. The van der Waals surface area contributed by atoms with Crippen LogP contribution >= 0.6 is 55.2 Å². The molecule has 0 amide bonds. The summed E-state index contributed by atoms with van der Waals surface area (Å²) >= 11 is 13.7. The van der Waals surface area contributed by atoms with Gasteiger partial charge in [0.2, 0.25) is 5.88 Å². The summed E-state index contributed by atoms with van der Waals surface area (Å²) in [6, 6.07) is 4.15. The third-order valence-electron chi connectivity index (χ3n) is 2.23. The Morgan fingerprint density at radius 3 is 2.43 bits per heavy atom. The van der Waals surface area contributed by atoms with Crippen molar-refractivity contribution in [2.24, 2.45) is 0 Å². The Labute approximate surface area is 145 Å². The van der Waals surface area contributed by atoms with Crippen LogP contribution in [-0.2, 0) is 0 Å². The monoisotopic (exact) mass is 453 g/mol. The number of nitrogens with zero attached hydrogens (tertiary/aromatic N) is 3. The summed E-state index contributed by atoms with van der Waals surface area (Å²) in [5.74, 6) is 0.608. The van der Waals surface area contributed by atoms with Crippen molar-refractivity contribution in [1.82, 2.24) is 9.97 Å². The van der Waals surface area contributed by atoms with Crippen molar-refractivity contribution in [3.8, 4) is 11.6 Å². The SMILES string of the molecule is CSc1nc(Cl)cc(Oc2c(Br)cc([N+](=O)[O-])cc2Br)n1. The highest BCUT2D eigenvalue weighted by Crippen LogP contribution is 2.39. The van der Waals surface area contributed by atoms with Gasteiger partial charge in [-0.2, -0.15) is 4.98 Å². The van der Waals surface area contributed by atoms with Crippen LogP contribution in [0.25, 0.3) is 0 Å². The lowest BCUT2D eigenvalue weighted by atomic mass is 10.3. The van der Waals surface area contributed by atoms with Crippen LogP contribution in [0, 0.1) is 10.1 Å². The van der Waals surface area contributed by atoms with Gasteiger partial charge in [0.1, 0.15) is 5.15 Å². The summed E-state index contributed by atoms with van der Waals surface area (Å²) in [7, 11) is 0. The molecule has 2 rings (SSSR count). The van der Waals surface area contributed by atoms with Crippen LogP contribution in [0.4, 0.5) is 5.69 Å². The second kappa shape index (κ2) is 6.91. The molecular formula is C11H6Br2ClN3O3S. The molecule has 21 heavy (non-hydrogen) atoms. The summed E-state index contributed by atoms with van der Waals surface area (Å²) in [6.07, 6.45) is 1.81. The standard InChI is InChI=1S/C11H6Br2ClN3O3S/c1-21-11-15-8(14)4-9(16-11)20-10-6(12)2-5(17(18)19)3-7(10)13/h2-4H,1H3. The summed E-state index contributed by atoms with van der Waals surface area (Å²) in [5, 5.41) is 11.5. The molecule has 0 aliphatic rings. The topological polar surface area (TPSA) is 78.2 Å².